The summed E-state index contributed by atoms with van der Waals surface area (Å²) < 4.78 is 11.5. The molecule has 0 spiro atoms. The van der Waals surface area contributed by atoms with Gasteiger partial charge in [0.1, 0.15) is 17.4 Å². The number of carbonyl (C=O) groups excluding carboxylic acids is 1. The maximum absolute atomic E-state index is 12.8. The molecule has 2 atom stereocenters. The molecule has 3 rings (SSSR count). The molecule has 0 aliphatic rings. The van der Waals surface area contributed by atoms with Gasteiger partial charge in [0.15, 0.2) is 6.10 Å². The van der Waals surface area contributed by atoms with Crippen LogP contribution in [0.1, 0.15) is 48.9 Å². The first-order valence-electron chi connectivity index (χ1n) is 11.0. The minimum atomic E-state index is -1.08. The summed E-state index contributed by atoms with van der Waals surface area (Å²) >= 11 is 0. The molecule has 1 heterocycles. The average Bonchev–Trinajstić information content (AvgIpc) is 2.79. The van der Waals surface area contributed by atoms with E-state index in [0.717, 1.165) is 16.5 Å². The number of nitrogens with one attached hydrogen (secondary N) is 1. The van der Waals surface area contributed by atoms with Crippen molar-refractivity contribution in [3.8, 4) is 5.75 Å². The molecule has 0 saturated heterocycles. The third-order valence-electron chi connectivity index (χ3n) is 5.74. The number of aliphatic carboxylic acids is 1. The van der Waals surface area contributed by atoms with Crippen molar-refractivity contribution < 1.29 is 23.8 Å². The molecule has 0 saturated carbocycles. The zero-order chi connectivity index (χ0) is 24.1. The second-order valence-corrected chi connectivity index (χ2v) is 8.17. The fourth-order valence-electron chi connectivity index (χ4n) is 3.78. The van der Waals surface area contributed by atoms with E-state index in [4.69, 9.17) is 9.15 Å². The van der Waals surface area contributed by atoms with Crippen LogP contribution in [0, 0.1) is 13.8 Å². The molecule has 3 aromatic rings. The summed E-state index contributed by atoms with van der Waals surface area (Å²) in [4.78, 5) is 36.6. The molecular formula is C26H29NO6. The maximum Gasteiger partial charge on any atom is 0.340 e. The van der Waals surface area contributed by atoms with Crippen molar-refractivity contribution in [3.63, 3.8) is 0 Å². The van der Waals surface area contributed by atoms with E-state index in [-0.39, 0.29) is 0 Å². The van der Waals surface area contributed by atoms with E-state index in [0.29, 0.717) is 41.7 Å². The van der Waals surface area contributed by atoms with E-state index in [9.17, 15) is 19.5 Å². The Morgan fingerprint density at radius 2 is 1.79 bits per heavy atom. The molecule has 0 aliphatic heterocycles. The van der Waals surface area contributed by atoms with E-state index in [1.54, 1.807) is 19.9 Å². The number of carbonyl (C=O) groups is 2. The lowest BCUT2D eigenvalue weighted by Crippen LogP contribution is -2.46. The summed E-state index contributed by atoms with van der Waals surface area (Å²) in [5.41, 5.74) is 3.07. The van der Waals surface area contributed by atoms with Gasteiger partial charge in [0.25, 0.3) is 5.91 Å². The molecule has 174 valence electrons. The highest BCUT2D eigenvalue weighted by molar-refractivity contribution is 5.87. The highest BCUT2D eigenvalue weighted by Gasteiger charge is 2.24. The van der Waals surface area contributed by atoms with Crippen LogP contribution in [0.15, 0.2) is 51.7 Å². The van der Waals surface area contributed by atoms with Gasteiger partial charge in [-0.3, -0.25) is 4.79 Å². The Morgan fingerprint density at radius 1 is 1.09 bits per heavy atom. The zero-order valence-corrected chi connectivity index (χ0v) is 19.3. The first-order valence-corrected chi connectivity index (χ1v) is 11.0. The Labute approximate surface area is 192 Å². The van der Waals surface area contributed by atoms with Gasteiger partial charge in [-0.05, 0) is 50.5 Å². The SMILES string of the molecule is CCC[C@H](NC(=O)[C@H](C)Oc1ccc2c(C)c(Cc3ccccc3)c(=O)oc2c1C)C(=O)O. The smallest absolute Gasteiger partial charge is 0.340 e. The van der Waals surface area contributed by atoms with Crippen molar-refractivity contribution in [2.45, 2.75) is 59.1 Å². The second kappa shape index (κ2) is 10.3. The Kier molecular flexibility index (Phi) is 7.53. The third kappa shape index (κ3) is 5.42. The van der Waals surface area contributed by atoms with Crippen molar-refractivity contribution in [2.75, 3.05) is 0 Å². The van der Waals surface area contributed by atoms with E-state index in [1.807, 2.05) is 50.2 Å². The van der Waals surface area contributed by atoms with Gasteiger partial charge in [0.05, 0.1) is 0 Å². The Morgan fingerprint density at radius 3 is 2.42 bits per heavy atom. The first kappa shape index (κ1) is 24.0. The Balaban J connectivity index is 1.86. The number of hydrogen-bond acceptors (Lipinski definition) is 5. The number of ether oxygens (including phenoxy) is 1. The van der Waals surface area contributed by atoms with Gasteiger partial charge in [-0.15, -0.1) is 0 Å². The maximum atomic E-state index is 12.8. The summed E-state index contributed by atoms with van der Waals surface area (Å²) in [6.45, 7) is 7.06. The van der Waals surface area contributed by atoms with Crippen LogP contribution in [0.4, 0.5) is 0 Å². The topological polar surface area (TPSA) is 106 Å². The lowest BCUT2D eigenvalue weighted by molar-refractivity contribution is -0.143. The van der Waals surface area contributed by atoms with Crippen LogP contribution < -0.4 is 15.7 Å². The third-order valence-corrected chi connectivity index (χ3v) is 5.74. The Hall–Kier alpha value is -3.61. The van der Waals surface area contributed by atoms with Gasteiger partial charge in [0.2, 0.25) is 0 Å². The molecular weight excluding hydrogens is 422 g/mol. The molecule has 0 unspecified atom stereocenters. The fourth-order valence-corrected chi connectivity index (χ4v) is 3.78. The summed E-state index contributed by atoms with van der Waals surface area (Å²) in [6, 6.07) is 12.3. The van der Waals surface area contributed by atoms with Gasteiger partial charge >= 0.3 is 11.6 Å². The molecule has 0 bridgehead atoms. The molecule has 1 amide bonds. The van der Waals surface area contributed by atoms with Crippen molar-refractivity contribution in [1.82, 2.24) is 5.32 Å². The van der Waals surface area contributed by atoms with Crippen LogP contribution in [-0.2, 0) is 16.0 Å². The van der Waals surface area contributed by atoms with Crippen LogP contribution in [0.25, 0.3) is 11.0 Å². The van der Waals surface area contributed by atoms with Gasteiger partial charge < -0.3 is 19.6 Å². The van der Waals surface area contributed by atoms with Crippen molar-refractivity contribution in [1.29, 1.82) is 0 Å². The first-order chi connectivity index (χ1) is 15.7. The number of benzene rings is 2. The number of carboxylic acid groups (broad SMARTS) is 1. The van der Waals surface area contributed by atoms with Gasteiger partial charge in [-0.25, -0.2) is 9.59 Å². The predicted octanol–water partition coefficient (Wildman–Crippen LogP) is 4.14. The summed E-state index contributed by atoms with van der Waals surface area (Å²) in [7, 11) is 0. The molecule has 1 aromatic heterocycles. The molecule has 0 fully saturated rings. The highest BCUT2D eigenvalue weighted by atomic mass is 16.5. The quantitative estimate of drug-likeness (QED) is 0.474. The number of carboxylic acids is 1. The lowest BCUT2D eigenvalue weighted by atomic mass is 9.98. The zero-order valence-electron chi connectivity index (χ0n) is 19.3. The molecule has 33 heavy (non-hydrogen) atoms. The van der Waals surface area contributed by atoms with Crippen LogP contribution in [0.5, 0.6) is 5.75 Å². The van der Waals surface area contributed by atoms with Crippen molar-refractivity contribution in [2.24, 2.45) is 0 Å². The molecule has 7 nitrogen and oxygen atoms in total. The molecule has 2 N–H and O–H groups in total. The number of rotatable bonds is 9. The fraction of sp³-hybridized carbons (Fsp3) is 0.346. The van der Waals surface area contributed by atoms with Gasteiger partial charge in [-0.2, -0.15) is 0 Å². The predicted molar refractivity (Wildman–Crippen MR) is 126 cm³/mol. The second-order valence-electron chi connectivity index (χ2n) is 8.17. The minimum Gasteiger partial charge on any atom is -0.480 e. The molecule has 7 heteroatoms. The summed E-state index contributed by atoms with van der Waals surface area (Å²) in [5.74, 6) is -1.21. The monoisotopic (exact) mass is 451 g/mol. The summed E-state index contributed by atoms with van der Waals surface area (Å²) in [5, 5.41) is 12.6. The van der Waals surface area contributed by atoms with Crippen LogP contribution in [0.3, 0.4) is 0 Å². The number of hydrogen-bond donors (Lipinski definition) is 2. The molecule has 2 aromatic carbocycles. The minimum absolute atomic E-state index is 0.332. The largest absolute Gasteiger partial charge is 0.480 e. The molecule has 0 aliphatic carbocycles. The van der Waals surface area contributed by atoms with Gasteiger partial charge in [0, 0.05) is 22.9 Å². The number of fused-ring (bicyclic) bond motifs is 1. The highest BCUT2D eigenvalue weighted by Crippen LogP contribution is 2.30. The number of aryl methyl sites for hydroxylation is 2. The van der Waals surface area contributed by atoms with E-state index in [2.05, 4.69) is 5.32 Å². The molecule has 0 radical (unpaired) electrons. The van der Waals surface area contributed by atoms with Gasteiger partial charge in [-0.1, -0.05) is 43.7 Å². The van der Waals surface area contributed by atoms with E-state index < -0.39 is 29.6 Å². The van der Waals surface area contributed by atoms with Crippen molar-refractivity contribution in [3.05, 3.63) is 75.1 Å². The van der Waals surface area contributed by atoms with E-state index in [1.165, 1.54) is 0 Å². The normalized spacial score (nSPS) is 12.8. The van der Waals surface area contributed by atoms with Crippen molar-refractivity contribution >= 4 is 22.8 Å². The Bertz CT molecular complexity index is 1210. The summed E-state index contributed by atoms with van der Waals surface area (Å²) in [6.07, 6.45) is 0.506. The van der Waals surface area contributed by atoms with E-state index >= 15 is 0 Å². The van der Waals surface area contributed by atoms with Crippen LogP contribution in [-0.4, -0.2) is 29.1 Å². The standard InChI is InChI=1S/C26H29NO6/c1-5-9-21(25(29)30)27-24(28)17(4)32-22-13-12-19-15(2)20(14-18-10-7-6-8-11-18)26(31)33-23(19)16(22)3/h6-8,10-13,17,21H,5,9,14H2,1-4H3,(H,27,28)(H,29,30)/t17-,21-/m0/s1. The van der Waals surface area contributed by atoms with Crippen LogP contribution >= 0.6 is 0 Å². The number of amides is 1. The van der Waals surface area contributed by atoms with Crippen LogP contribution in [0.2, 0.25) is 0 Å². The lowest BCUT2D eigenvalue weighted by Gasteiger charge is -2.20. The average molecular weight is 452 g/mol.